The largest absolute Gasteiger partial charge is 0.399 e. The van der Waals surface area contributed by atoms with Crippen LogP contribution >= 0.6 is 0 Å². The lowest BCUT2D eigenvalue weighted by molar-refractivity contribution is 0.103. The Labute approximate surface area is 208 Å². The molecule has 0 atom stereocenters. The van der Waals surface area contributed by atoms with Gasteiger partial charge in [0.1, 0.15) is 4.90 Å². The van der Waals surface area contributed by atoms with Crippen LogP contribution in [-0.4, -0.2) is 18.8 Å². The van der Waals surface area contributed by atoms with Gasteiger partial charge >= 0.3 is 0 Å². The molecule has 8 heteroatoms. The summed E-state index contributed by atoms with van der Waals surface area (Å²) in [5.74, 6) is -0.321. The summed E-state index contributed by atoms with van der Waals surface area (Å²) >= 11 is 0. The van der Waals surface area contributed by atoms with Crippen LogP contribution in [0.4, 0.5) is 22.7 Å². The molecule has 6 N–H and O–H groups in total. The van der Waals surface area contributed by atoms with E-state index in [1.54, 1.807) is 24.3 Å². The number of aryl methyl sites for hydroxylation is 1. The molecule has 1 aliphatic rings. The van der Waals surface area contributed by atoms with Gasteiger partial charge in [-0.1, -0.05) is 49.0 Å². The second kappa shape index (κ2) is 8.37. The summed E-state index contributed by atoms with van der Waals surface area (Å²) in [6.45, 7) is 6.06. The van der Waals surface area contributed by atoms with Gasteiger partial charge in [0.25, 0.3) is 10.1 Å². The van der Waals surface area contributed by atoms with Crippen molar-refractivity contribution >= 4 is 44.2 Å². The fourth-order valence-electron chi connectivity index (χ4n) is 4.65. The Kier molecular flexibility index (Phi) is 5.43. The molecule has 4 aromatic rings. The number of hydrogen-bond acceptors (Lipinski definition) is 6. The van der Waals surface area contributed by atoms with Crippen LogP contribution in [-0.2, 0) is 10.1 Å². The van der Waals surface area contributed by atoms with Gasteiger partial charge in [0.2, 0.25) is 0 Å². The van der Waals surface area contributed by atoms with Gasteiger partial charge in [-0.15, -0.1) is 0 Å². The highest BCUT2D eigenvalue weighted by Gasteiger charge is 2.33. The Bertz CT molecular complexity index is 1690. The summed E-state index contributed by atoms with van der Waals surface area (Å²) in [6, 6.07) is 21.2. The molecule has 0 amide bonds. The van der Waals surface area contributed by atoms with Crippen molar-refractivity contribution in [3.63, 3.8) is 0 Å². The molecule has 0 radical (unpaired) electrons. The molecule has 0 fully saturated rings. The highest BCUT2D eigenvalue weighted by atomic mass is 32.2. The molecule has 0 spiro atoms. The lowest BCUT2D eigenvalue weighted by Gasteiger charge is -2.26. The number of carbonyl (C=O) groups excluding carboxylic acids is 1. The Morgan fingerprint density at radius 3 is 2.17 bits per heavy atom. The maximum absolute atomic E-state index is 13.5. The monoisotopic (exact) mass is 497 g/mol. The molecular weight excluding hydrogens is 474 g/mol. The minimum absolute atomic E-state index is 0.186. The molecule has 36 heavy (non-hydrogen) atoms. The van der Waals surface area contributed by atoms with Crippen LogP contribution in [0.3, 0.4) is 0 Å². The van der Waals surface area contributed by atoms with Crippen molar-refractivity contribution in [1.82, 2.24) is 0 Å². The maximum Gasteiger partial charge on any atom is 0.296 e. The summed E-state index contributed by atoms with van der Waals surface area (Å²) in [6.07, 6.45) is 0. The molecule has 0 unspecified atom stereocenters. The van der Waals surface area contributed by atoms with E-state index in [1.807, 2.05) is 49.4 Å². The van der Waals surface area contributed by atoms with Crippen molar-refractivity contribution in [1.29, 1.82) is 0 Å². The second-order valence-electron chi connectivity index (χ2n) is 8.69. The molecule has 0 heterocycles. The van der Waals surface area contributed by atoms with E-state index in [0.29, 0.717) is 28.1 Å². The fraction of sp³-hybridized carbons (Fsp3) is 0.0357. The topological polar surface area (TPSA) is 136 Å². The zero-order chi connectivity index (χ0) is 25.8. The predicted octanol–water partition coefficient (Wildman–Crippen LogP) is 5.42. The van der Waals surface area contributed by atoms with Crippen LogP contribution in [0.5, 0.6) is 0 Å². The molecule has 1 aliphatic carbocycles. The Balaban J connectivity index is 1.63. The number of ketones is 1. The molecule has 5 rings (SSSR count). The third kappa shape index (κ3) is 3.82. The second-order valence-corrected chi connectivity index (χ2v) is 10.1. The van der Waals surface area contributed by atoms with E-state index in [9.17, 15) is 17.8 Å². The van der Waals surface area contributed by atoms with Gasteiger partial charge in [-0.25, -0.2) is 0 Å². The van der Waals surface area contributed by atoms with E-state index >= 15 is 0 Å². The SMILES string of the molecule is C=C1c2ccccc2C(=O)c2c(Nc3ccc(-c4ccc(N)cc4C)cc3)cc(S(=O)(=O)O)c(N)c21. The summed E-state index contributed by atoms with van der Waals surface area (Å²) < 4.78 is 34.2. The molecule has 7 nitrogen and oxygen atoms in total. The van der Waals surface area contributed by atoms with E-state index in [0.717, 1.165) is 16.7 Å². The third-order valence-electron chi connectivity index (χ3n) is 6.36. The van der Waals surface area contributed by atoms with E-state index in [1.165, 1.54) is 6.07 Å². The lowest BCUT2D eigenvalue weighted by Crippen LogP contribution is -2.19. The normalized spacial score (nSPS) is 12.7. The van der Waals surface area contributed by atoms with E-state index in [-0.39, 0.29) is 28.3 Å². The summed E-state index contributed by atoms with van der Waals surface area (Å²) in [5, 5.41) is 3.14. The average Bonchev–Trinajstić information content (AvgIpc) is 2.83. The third-order valence-corrected chi connectivity index (χ3v) is 7.25. The number of nitrogen functional groups attached to an aromatic ring is 2. The zero-order valence-electron chi connectivity index (χ0n) is 19.4. The van der Waals surface area contributed by atoms with Crippen LogP contribution in [0, 0.1) is 6.92 Å². The number of nitrogens with one attached hydrogen (secondary N) is 1. The molecule has 180 valence electrons. The van der Waals surface area contributed by atoms with Gasteiger partial charge in [-0.3, -0.25) is 9.35 Å². The Morgan fingerprint density at radius 2 is 1.53 bits per heavy atom. The molecule has 0 saturated heterocycles. The van der Waals surface area contributed by atoms with E-state index in [2.05, 4.69) is 11.9 Å². The molecule has 0 saturated carbocycles. The standard InChI is InChI=1S/C28H23N3O4S/c1-15-13-18(29)9-12-20(15)17-7-10-19(11-8-17)31-23-14-24(36(33,34)35)27(30)25-16(2)21-5-3-4-6-22(21)28(32)26(23)25/h3-14,31H,2,29-30H2,1H3,(H,33,34,35). The molecule has 0 aromatic heterocycles. The first kappa shape index (κ1) is 23.3. The van der Waals surface area contributed by atoms with Crippen LogP contribution < -0.4 is 16.8 Å². The zero-order valence-corrected chi connectivity index (χ0v) is 20.2. The predicted molar refractivity (Wildman–Crippen MR) is 143 cm³/mol. The van der Waals surface area contributed by atoms with Crippen molar-refractivity contribution in [3.8, 4) is 11.1 Å². The van der Waals surface area contributed by atoms with Crippen molar-refractivity contribution in [2.75, 3.05) is 16.8 Å². The summed E-state index contributed by atoms with van der Waals surface area (Å²) in [5.41, 5.74) is 18.1. The smallest absolute Gasteiger partial charge is 0.296 e. The van der Waals surface area contributed by atoms with Crippen molar-refractivity contribution < 1.29 is 17.8 Å². The van der Waals surface area contributed by atoms with Gasteiger partial charge in [0.05, 0.1) is 16.9 Å². The van der Waals surface area contributed by atoms with Crippen molar-refractivity contribution in [2.24, 2.45) is 0 Å². The number of fused-ring (bicyclic) bond motifs is 2. The Morgan fingerprint density at radius 1 is 0.861 bits per heavy atom. The summed E-state index contributed by atoms with van der Waals surface area (Å²) in [7, 11) is -4.68. The van der Waals surface area contributed by atoms with E-state index in [4.69, 9.17) is 11.5 Å². The van der Waals surface area contributed by atoms with Crippen LogP contribution in [0.1, 0.15) is 32.6 Å². The number of benzene rings is 4. The highest BCUT2D eigenvalue weighted by molar-refractivity contribution is 7.86. The summed E-state index contributed by atoms with van der Waals surface area (Å²) in [4.78, 5) is 13.0. The van der Waals surface area contributed by atoms with Crippen molar-refractivity contribution in [3.05, 3.63) is 107 Å². The quantitative estimate of drug-likeness (QED) is 0.192. The molecule has 4 aromatic carbocycles. The minimum Gasteiger partial charge on any atom is -0.399 e. The number of anilines is 4. The first-order valence-electron chi connectivity index (χ1n) is 11.1. The van der Waals surface area contributed by atoms with Gasteiger partial charge in [0.15, 0.2) is 5.78 Å². The lowest BCUT2D eigenvalue weighted by atomic mass is 9.80. The van der Waals surface area contributed by atoms with Gasteiger partial charge < -0.3 is 16.8 Å². The number of rotatable bonds is 4. The molecule has 0 bridgehead atoms. The van der Waals surface area contributed by atoms with Gasteiger partial charge in [-0.2, -0.15) is 8.42 Å². The van der Waals surface area contributed by atoms with Crippen LogP contribution in [0.25, 0.3) is 16.7 Å². The van der Waals surface area contributed by atoms with Crippen LogP contribution in [0.15, 0.2) is 84.3 Å². The minimum atomic E-state index is -4.68. The van der Waals surface area contributed by atoms with Gasteiger partial charge in [-0.05, 0) is 65.1 Å². The van der Waals surface area contributed by atoms with Gasteiger partial charge in [0, 0.05) is 22.5 Å². The fourth-order valence-corrected chi connectivity index (χ4v) is 5.29. The maximum atomic E-state index is 13.5. The first-order chi connectivity index (χ1) is 17.1. The Hall–Kier alpha value is -4.40. The van der Waals surface area contributed by atoms with Crippen LogP contribution in [0.2, 0.25) is 0 Å². The first-order valence-corrected chi connectivity index (χ1v) is 12.5. The van der Waals surface area contributed by atoms with E-state index < -0.39 is 15.0 Å². The molecule has 0 aliphatic heterocycles. The number of nitrogens with two attached hydrogens (primary N) is 2. The highest BCUT2D eigenvalue weighted by Crippen LogP contribution is 2.44. The average molecular weight is 498 g/mol. The van der Waals surface area contributed by atoms with Crippen molar-refractivity contribution in [2.45, 2.75) is 11.8 Å². The number of hydrogen-bond donors (Lipinski definition) is 4. The molecular formula is C28H23N3O4S. The number of carbonyl (C=O) groups is 1.